The molecule has 1 heterocycles. The maximum absolute atomic E-state index is 12.8. The zero-order valence-electron chi connectivity index (χ0n) is 14.2. The molecule has 0 aromatic heterocycles. The Labute approximate surface area is 156 Å². The molecule has 1 aliphatic heterocycles. The van der Waals surface area contributed by atoms with E-state index in [4.69, 9.17) is 23.2 Å². The third-order valence-electron chi connectivity index (χ3n) is 4.15. The monoisotopic (exact) mass is 385 g/mol. The van der Waals surface area contributed by atoms with Crippen molar-refractivity contribution in [1.82, 2.24) is 15.5 Å². The smallest absolute Gasteiger partial charge is 0.325 e. The van der Waals surface area contributed by atoms with Gasteiger partial charge in [-0.25, -0.2) is 4.79 Å². The molecule has 1 atom stereocenters. The van der Waals surface area contributed by atoms with Gasteiger partial charge in [0.25, 0.3) is 5.91 Å². The van der Waals surface area contributed by atoms with Gasteiger partial charge in [0, 0.05) is 22.2 Å². The molecule has 0 saturated carbocycles. The molecular weight excluding hydrogens is 365 g/mol. The van der Waals surface area contributed by atoms with Crippen LogP contribution in [0.3, 0.4) is 0 Å². The van der Waals surface area contributed by atoms with Crippen LogP contribution in [0, 0.1) is 0 Å². The minimum Gasteiger partial charge on any atom is -0.355 e. The van der Waals surface area contributed by atoms with Gasteiger partial charge >= 0.3 is 6.03 Å². The molecule has 0 aliphatic carbocycles. The maximum Gasteiger partial charge on any atom is 0.325 e. The average molecular weight is 386 g/mol. The van der Waals surface area contributed by atoms with E-state index in [1.54, 1.807) is 19.1 Å². The van der Waals surface area contributed by atoms with Gasteiger partial charge in [-0.3, -0.25) is 14.5 Å². The highest BCUT2D eigenvalue weighted by atomic mass is 35.5. The Morgan fingerprint density at radius 1 is 1.28 bits per heavy atom. The van der Waals surface area contributed by atoms with E-state index in [9.17, 15) is 14.4 Å². The van der Waals surface area contributed by atoms with E-state index in [2.05, 4.69) is 17.6 Å². The molecule has 1 saturated heterocycles. The van der Waals surface area contributed by atoms with Crippen molar-refractivity contribution in [3.63, 3.8) is 0 Å². The van der Waals surface area contributed by atoms with Crippen molar-refractivity contribution in [2.75, 3.05) is 13.1 Å². The van der Waals surface area contributed by atoms with Crippen LogP contribution >= 0.6 is 23.2 Å². The quantitative estimate of drug-likeness (QED) is 0.559. The highest BCUT2D eigenvalue weighted by Gasteiger charge is 2.50. The van der Waals surface area contributed by atoms with Crippen LogP contribution in [0.1, 0.15) is 38.7 Å². The molecule has 1 fully saturated rings. The fourth-order valence-corrected chi connectivity index (χ4v) is 3.32. The van der Waals surface area contributed by atoms with Gasteiger partial charge in [-0.05, 0) is 25.5 Å². The van der Waals surface area contributed by atoms with Gasteiger partial charge < -0.3 is 10.6 Å². The lowest BCUT2D eigenvalue weighted by atomic mass is 9.92. The van der Waals surface area contributed by atoms with E-state index < -0.39 is 17.5 Å². The minimum atomic E-state index is -1.33. The molecule has 1 unspecified atom stereocenters. The maximum atomic E-state index is 12.8. The summed E-state index contributed by atoms with van der Waals surface area (Å²) in [7, 11) is 0. The summed E-state index contributed by atoms with van der Waals surface area (Å²) >= 11 is 12.1. The Morgan fingerprint density at radius 2 is 2.00 bits per heavy atom. The van der Waals surface area contributed by atoms with Crippen molar-refractivity contribution in [2.45, 2.75) is 38.6 Å². The highest BCUT2D eigenvalue weighted by molar-refractivity contribution is 6.35. The van der Waals surface area contributed by atoms with E-state index in [1.165, 1.54) is 6.07 Å². The highest BCUT2D eigenvalue weighted by Crippen LogP contribution is 2.34. The Hall–Kier alpha value is -1.79. The molecule has 1 aromatic rings. The number of carbonyl (C=O) groups is 3. The topological polar surface area (TPSA) is 78.5 Å². The van der Waals surface area contributed by atoms with Crippen LogP contribution in [0.4, 0.5) is 4.79 Å². The SMILES string of the molecule is CCCCCNC(=O)CN1C(=O)NC(C)(c2ccc(Cl)cc2Cl)C1=O. The first-order valence-corrected chi connectivity index (χ1v) is 8.91. The predicted molar refractivity (Wildman–Crippen MR) is 96.6 cm³/mol. The van der Waals surface area contributed by atoms with Crippen LogP contribution in [0.5, 0.6) is 0 Å². The van der Waals surface area contributed by atoms with Crippen molar-refractivity contribution >= 4 is 41.0 Å². The van der Waals surface area contributed by atoms with Crippen LogP contribution < -0.4 is 10.6 Å². The van der Waals surface area contributed by atoms with Gasteiger partial charge in [-0.2, -0.15) is 0 Å². The largest absolute Gasteiger partial charge is 0.355 e. The Balaban J connectivity index is 2.09. The average Bonchev–Trinajstić information content (AvgIpc) is 2.75. The first-order valence-electron chi connectivity index (χ1n) is 8.16. The zero-order valence-corrected chi connectivity index (χ0v) is 15.7. The standard InChI is InChI=1S/C17H21Cl2N3O3/c1-3-4-5-8-20-14(23)10-22-15(24)17(2,21-16(22)25)12-7-6-11(18)9-13(12)19/h6-7,9H,3-5,8,10H2,1-2H3,(H,20,23)(H,21,25). The second kappa shape index (κ2) is 8.06. The van der Waals surface area contributed by atoms with Crippen molar-refractivity contribution in [3.8, 4) is 0 Å². The summed E-state index contributed by atoms with van der Waals surface area (Å²) in [5.74, 6) is -0.892. The lowest BCUT2D eigenvalue weighted by molar-refractivity contribution is -0.134. The van der Waals surface area contributed by atoms with Crippen LogP contribution in [-0.2, 0) is 15.1 Å². The van der Waals surface area contributed by atoms with Crippen molar-refractivity contribution in [2.24, 2.45) is 0 Å². The molecule has 2 rings (SSSR count). The minimum absolute atomic E-state index is 0.273. The summed E-state index contributed by atoms with van der Waals surface area (Å²) in [5.41, 5.74) is -0.899. The Kier molecular flexibility index (Phi) is 6.30. The van der Waals surface area contributed by atoms with Crippen LogP contribution in [-0.4, -0.2) is 35.8 Å². The molecular formula is C17H21Cl2N3O3. The molecule has 2 N–H and O–H groups in total. The number of carbonyl (C=O) groups excluding carboxylic acids is 3. The number of nitrogens with one attached hydrogen (secondary N) is 2. The van der Waals surface area contributed by atoms with E-state index in [-0.39, 0.29) is 17.5 Å². The summed E-state index contributed by atoms with van der Waals surface area (Å²) in [5, 5.41) is 6.03. The second-order valence-corrected chi connectivity index (χ2v) is 6.97. The Morgan fingerprint density at radius 3 is 2.64 bits per heavy atom. The third kappa shape index (κ3) is 4.25. The summed E-state index contributed by atoms with van der Waals surface area (Å²) < 4.78 is 0. The molecule has 4 amide bonds. The Bertz CT molecular complexity index is 696. The third-order valence-corrected chi connectivity index (χ3v) is 4.70. The van der Waals surface area contributed by atoms with Gasteiger partial charge in [0.2, 0.25) is 5.91 Å². The summed E-state index contributed by atoms with van der Waals surface area (Å²) in [6, 6.07) is 4.07. The van der Waals surface area contributed by atoms with E-state index in [0.29, 0.717) is 17.1 Å². The van der Waals surface area contributed by atoms with E-state index in [0.717, 1.165) is 24.2 Å². The van der Waals surface area contributed by atoms with Gasteiger partial charge in [0.05, 0.1) is 0 Å². The fourth-order valence-electron chi connectivity index (χ4n) is 2.72. The van der Waals surface area contributed by atoms with Crippen LogP contribution in [0.15, 0.2) is 18.2 Å². The van der Waals surface area contributed by atoms with Crippen LogP contribution in [0.2, 0.25) is 10.0 Å². The zero-order chi connectivity index (χ0) is 18.6. The number of halogens is 2. The normalized spacial score (nSPS) is 19.9. The summed E-state index contributed by atoms with van der Waals surface area (Å²) in [6.45, 7) is 3.83. The van der Waals surface area contributed by atoms with E-state index in [1.807, 2.05) is 0 Å². The number of urea groups is 1. The predicted octanol–water partition coefficient (Wildman–Crippen LogP) is 3.07. The molecule has 6 nitrogen and oxygen atoms in total. The number of amides is 4. The number of hydrogen-bond acceptors (Lipinski definition) is 3. The van der Waals surface area contributed by atoms with Crippen molar-refractivity contribution in [1.29, 1.82) is 0 Å². The molecule has 136 valence electrons. The van der Waals surface area contributed by atoms with Gasteiger partial charge in [-0.15, -0.1) is 0 Å². The molecule has 1 aliphatic rings. The number of nitrogens with zero attached hydrogens (tertiary/aromatic N) is 1. The van der Waals surface area contributed by atoms with Crippen molar-refractivity contribution < 1.29 is 14.4 Å². The van der Waals surface area contributed by atoms with Crippen LogP contribution in [0.25, 0.3) is 0 Å². The number of imide groups is 1. The van der Waals surface area contributed by atoms with Gasteiger partial charge in [0.15, 0.2) is 0 Å². The molecule has 25 heavy (non-hydrogen) atoms. The lowest BCUT2D eigenvalue weighted by Gasteiger charge is -2.23. The van der Waals surface area contributed by atoms with E-state index >= 15 is 0 Å². The summed E-state index contributed by atoms with van der Waals surface area (Å²) in [4.78, 5) is 37.9. The van der Waals surface area contributed by atoms with Crippen molar-refractivity contribution in [3.05, 3.63) is 33.8 Å². The van der Waals surface area contributed by atoms with Gasteiger partial charge in [-0.1, -0.05) is 49.0 Å². The number of benzene rings is 1. The number of hydrogen-bond donors (Lipinski definition) is 2. The molecule has 1 aromatic carbocycles. The fraction of sp³-hybridized carbons (Fsp3) is 0.471. The lowest BCUT2D eigenvalue weighted by Crippen LogP contribution is -2.43. The molecule has 0 bridgehead atoms. The second-order valence-electron chi connectivity index (χ2n) is 6.13. The summed E-state index contributed by atoms with van der Waals surface area (Å²) in [6.07, 6.45) is 2.92. The number of rotatable bonds is 7. The van der Waals surface area contributed by atoms with Gasteiger partial charge in [0.1, 0.15) is 12.1 Å². The molecule has 0 radical (unpaired) electrons. The first kappa shape index (κ1) is 19.5. The first-order chi connectivity index (χ1) is 11.8. The molecule has 8 heteroatoms. The number of unbranched alkanes of at least 4 members (excludes halogenated alkanes) is 2. The molecule has 0 spiro atoms.